The highest BCUT2D eigenvalue weighted by molar-refractivity contribution is 7.89. The number of ether oxygens (including phenoxy) is 1. The topological polar surface area (TPSA) is 75.7 Å². The lowest BCUT2D eigenvalue weighted by atomic mass is 10.1. The van der Waals surface area contributed by atoms with Crippen molar-refractivity contribution in [2.24, 2.45) is 0 Å². The Kier molecular flexibility index (Phi) is 4.88. The molecular weight excluding hydrogens is 364 g/mol. The van der Waals surface area contributed by atoms with E-state index >= 15 is 0 Å². The summed E-state index contributed by atoms with van der Waals surface area (Å²) >= 11 is 0. The van der Waals surface area contributed by atoms with Crippen molar-refractivity contribution in [3.05, 3.63) is 54.1 Å². The van der Waals surface area contributed by atoms with Gasteiger partial charge in [0.2, 0.25) is 10.0 Å². The van der Waals surface area contributed by atoms with Gasteiger partial charge in [-0.3, -0.25) is 4.79 Å². The summed E-state index contributed by atoms with van der Waals surface area (Å²) in [5.41, 5.74) is 1.57. The second-order valence-electron chi connectivity index (χ2n) is 6.90. The number of sulfonamides is 1. The monoisotopic (exact) mass is 386 g/mol. The van der Waals surface area contributed by atoms with E-state index in [-0.39, 0.29) is 10.8 Å². The Labute approximate surface area is 159 Å². The number of nitrogens with one attached hydrogen (secondary N) is 1. The highest BCUT2D eigenvalue weighted by atomic mass is 32.2. The summed E-state index contributed by atoms with van der Waals surface area (Å²) in [6.45, 7) is 1.14. The van der Waals surface area contributed by atoms with Gasteiger partial charge in [-0.2, -0.15) is 4.31 Å². The molecular formula is C20H22N2O4S. The first kappa shape index (κ1) is 18.0. The molecule has 0 spiro atoms. The fourth-order valence-electron chi connectivity index (χ4n) is 3.52. The van der Waals surface area contributed by atoms with Gasteiger partial charge < -0.3 is 10.1 Å². The van der Waals surface area contributed by atoms with E-state index in [1.165, 1.54) is 4.31 Å². The Morgan fingerprint density at radius 3 is 2.41 bits per heavy atom. The molecule has 27 heavy (non-hydrogen) atoms. The third-order valence-electron chi connectivity index (χ3n) is 5.01. The molecule has 2 aliphatic rings. The van der Waals surface area contributed by atoms with Crippen LogP contribution in [-0.4, -0.2) is 37.8 Å². The quantitative estimate of drug-likeness (QED) is 0.877. The molecule has 7 heteroatoms. The number of carbonyl (C=O) groups excluding carboxylic acids is 1. The largest absolute Gasteiger partial charge is 0.480 e. The number of hydrogen-bond donors (Lipinski definition) is 1. The van der Waals surface area contributed by atoms with E-state index in [1.54, 1.807) is 24.3 Å². The average molecular weight is 386 g/mol. The summed E-state index contributed by atoms with van der Waals surface area (Å²) in [6.07, 6.45) is 2.83. The van der Waals surface area contributed by atoms with Crippen molar-refractivity contribution in [2.75, 3.05) is 18.4 Å². The van der Waals surface area contributed by atoms with Crippen LogP contribution in [0.25, 0.3) is 0 Å². The number of hydrogen-bond acceptors (Lipinski definition) is 4. The Morgan fingerprint density at radius 1 is 1.00 bits per heavy atom. The summed E-state index contributed by atoms with van der Waals surface area (Å²) in [5, 5.41) is 2.80. The highest BCUT2D eigenvalue weighted by Crippen LogP contribution is 2.29. The van der Waals surface area contributed by atoms with E-state index in [0.29, 0.717) is 25.2 Å². The SMILES string of the molecule is O=C(Nc1ccc(S(=O)(=O)N2CCCCC2)cc1)[C@H]1Cc2ccccc2O1. The smallest absolute Gasteiger partial charge is 0.265 e. The first-order valence-electron chi connectivity index (χ1n) is 9.20. The molecule has 1 saturated heterocycles. The molecule has 0 unspecified atom stereocenters. The van der Waals surface area contributed by atoms with Crippen molar-refractivity contribution in [3.63, 3.8) is 0 Å². The minimum atomic E-state index is -3.46. The van der Waals surface area contributed by atoms with Crippen LogP contribution in [0, 0.1) is 0 Å². The standard InChI is InChI=1S/C20H22N2O4S/c23-20(19-14-15-6-2-3-7-18(15)26-19)21-16-8-10-17(11-9-16)27(24,25)22-12-4-1-5-13-22/h2-3,6-11,19H,1,4-5,12-14H2,(H,21,23)/t19-/m1/s1. The van der Waals surface area contributed by atoms with Gasteiger partial charge in [0.15, 0.2) is 6.10 Å². The van der Waals surface area contributed by atoms with Gasteiger partial charge in [0, 0.05) is 25.2 Å². The molecule has 1 atom stereocenters. The fraction of sp³-hybridized carbons (Fsp3) is 0.350. The molecule has 0 bridgehead atoms. The van der Waals surface area contributed by atoms with Gasteiger partial charge >= 0.3 is 0 Å². The van der Waals surface area contributed by atoms with Crippen molar-refractivity contribution in [1.82, 2.24) is 4.31 Å². The number of fused-ring (bicyclic) bond motifs is 1. The van der Waals surface area contributed by atoms with Crippen LogP contribution < -0.4 is 10.1 Å². The fourth-order valence-corrected chi connectivity index (χ4v) is 5.03. The van der Waals surface area contributed by atoms with Gasteiger partial charge in [-0.05, 0) is 48.7 Å². The molecule has 142 valence electrons. The first-order chi connectivity index (χ1) is 13.0. The van der Waals surface area contributed by atoms with E-state index in [4.69, 9.17) is 4.74 Å². The van der Waals surface area contributed by atoms with Crippen molar-refractivity contribution in [3.8, 4) is 5.75 Å². The zero-order chi connectivity index (χ0) is 18.9. The predicted octanol–water partition coefficient (Wildman–Crippen LogP) is 2.80. The van der Waals surface area contributed by atoms with Crippen LogP contribution >= 0.6 is 0 Å². The van der Waals surface area contributed by atoms with Crippen LogP contribution in [0.5, 0.6) is 5.75 Å². The zero-order valence-corrected chi connectivity index (χ0v) is 15.7. The molecule has 0 radical (unpaired) electrons. The predicted molar refractivity (Wildman–Crippen MR) is 102 cm³/mol. The van der Waals surface area contributed by atoms with Crippen LogP contribution in [0.2, 0.25) is 0 Å². The summed E-state index contributed by atoms with van der Waals surface area (Å²) in [6, 6.07) is 13.9. The lowest BCUT2D eigenvalue weighted by Crippen LogP contribution is -2.35. The molecule has 1 fully saturated rings. The lowest BCUT2D eigenvalue weighted by Gasteiger charge is -2.25. The van der Waals surface area contributed by atoms with Crippen LogP contribution in [0.1, 0.15) is 24.8 Å². The number of anilines is 1. The molecule has 4 rings (SSSR count). The second kappa shape index (κ2) is 7.32. The Hall–Kier alpha value is -2.38. The van der Waals surface area contributed by atoms with Gasteiger partial charge in [0.1, 0.15) is 5.75 Å². The number of carbonyl (C=O) groups is 1. The molecule has 2 aromatic rings. The summed E-state index contributed by atoms with van der Waals surface area (Å²) < 4.78 is 32.6. The van der Waals surface area contributed by atoms with Gasteiger partial charge in [-0.25, -0.2) is 8.42 Å². The normalized spacial score (nSPS) is 19.9. The van der Waals surface area contributed by atoms with E-state index in [1.807, 2.05) is 24.3 Å². The molecule has 2 heterocycles. The first-order valence-corrected chi connectivity index (χ1v) is 10.6. The Balaban J connectivity index is 1.42. The van der Waals surface area contributed by atoms with Gasteiger partial charge in [-0.15, -0.1) is 0 Å². The molecule has 0 aliphatic carbocycles. The number of piperidine rings is 1. The summed E-state index contributed by atoms with van der Waals surface area (Å²) in [5.74, 6) is 0.499. The van der Waals surface area contributed by atoms with E-state index in [2.05, 4.69) is 5.32 Å². The number of nitrogens with zero attached hydrogens (tertiary/aromatic N) is 1. The number of amides is 1. The minimum Gasteiger partial charge on any atom is -0.480 e. The third kappa shape index (κ3) is 3.70. The van der Waals surface area contributed by atoms with Crippen LogP contribution in [-0.2, 0) is 21.2 Å². The molecule has 2 aromatic carbocycles. The van der Waals surface area contributed by atoms with Gasteiger partial charge in [0.25, 0.3) is 5.91 Å². The molecule has 6 nitrogen and oxygen atoms in total. The van der Waals surface area contributed by atoms with Crippen LogP contribution in [0.3, 0.4) is 0 Å². The Bertz CT molecular complexity index is 910. The van der Waals surface area contributed by atoms with Gasteiger partial charge in [-0.1, -0.05) is 24.6 Å². The zero-order valence-electron chi connectivity index (χ0n) is 14.9. The minimum absolute atomic E-state index is 0.238. The van der Waals surface area contributed by atoms with E-state index in [9.17, 15) is 13.2 Å². The van der Waals surface area contributed by atoms with Crippen molar-refractivity contribution < 1.29 is 17.9 Å². The third-order valence-corrected chi connectivity index (χ3v) is 6.93. The Morgan fingerprint density at radius 2 is 1.70 bits per heavy atom. The lowest BCUT2D eigenvalue weighted by molar-refractivity contribution is -0.122. The maximum atomic E-state index is 12.7. The van der Waals surface area contributed by atoms with Crippen LogP contribution in [0.4, 0.5) is 5.69 Å². The summed E-state index contributed by atoms with van der Waals surface area (Å²) in [4.78, 5) is 12.7. The maximum absolute atomic E-state index is 12.7. The maximum Gasteiger partial charge on any atom is 0.265 e. The van der Waals surface area contributed by atoms with E-state index < -0.39 is 16.1 Å². The molecule has 1 N–H and O–H groups in total. The number of benzene rings is 2. The number of rotatable bonds is 4. The van der Waals surface area contributed by atoms with Gasteiger partial charge in [0.05, 0.1) is 4.90 Å². The summed E-state index contributed by atoms with van der Waals surface area (Å²) in [7, 11) is -3.46. The second-order valence-corrected chi connectivity index (χ2v) is 8.83. The molecule has 2 aliphatic heterocycles. The number of para-hydroxylation sites is 1. The van der Waals surface area contributed by atoms with Crippen LogP contribution in [0.15, 0.2) is 53.4 Å². The highest BCUT2D eigenvalue weighted by Gasteiger charge is 2.29. The van der Waals surface area contributed by atoms with E-state index in [0.717, 1.165) is 30.6 Å². The molecule has 0 saturated carbocycles. The average Bonchev–Trinajstić information content (AvgIpc) is 3.13. The van der Waals surface area contributed by atoms with Crippen molar-refractivity contribution >= 4 is 21.6 Å². The molecule has 1 amide bonds. The van der Waals surface area contributed by atoms with Crippen molar-refractivity contribution in [2.45, 2.75) is 36.7 Å². The molecule has 0 aromatic heterocycles. The van der Waals surface area contributed by atoms with Crippen molar-refractivity contribution in [1.29, 1.82) is 0 Å².